The van der Waals surface area contributed by atoms with Crippen LogP contribution in [0.1, 0.15) is 5.69 Å². The number of halogens is 2. The third kappa shape index (κ3) is 4.27. The van der Waals surface area contributed by atoms with Gasteiger partial charge in [0.05, 0.1) is 5.69 Å². The van der Waals surface area contributed by atoms with Gasteiger partial charge >= 0.3 is 0 Å². The second kappa shape index (κ2) is 7.64. The Labute approximate surface area is 170 Å². The number of anilines is 2. The summed E-state index contributed by atoms with van der Waals surface area (Å²) in [5.74, 6) is 0.666. The van der Waals surface area contributed by atoms with Crippen LogP contribution >= 0.6 is 34.5 Å². The number of rotatable bonds is 4. The van der Waals surface area contributed by atoms with E-state index >= 15 is 0 Å². The topological polar surface area (TPSA) is 50.7 Å². The molecule has 134 valence electrons. The van der Waals surface area contributed by atoms with E-state index in [-0.39, 0.29) is 5.28 Å². The van der Waals surface area contributed by atoms with E-state index in [9.17, 15) is 0 Å². The van der Waals surface area contributed by atoms with E-state index in [0.29, 0.717) is 5.82 Å². The molecule has 4 aromatic rings. The first kappa shape index (κ1) is 17.9. The number of thiazole rings is 1. The van der Waals surface area contributed by atoms with E-state index in [4.69, 9.17) is 28.2 Å². The van der Waals surface area contributed by atoms with Crippen LogP contribution in [0.2, 0.25) is 10.3 Å². The average Bonchev–Trinajstić information content (AvgIpc) is 3.12. The zero-order valence-corrected chi connectivity index (χ0v) is 16.6. The van der Waals surface area contributed by atoms with Crippen molar-refractivity contribution in [3.05, 3.63) is 76.0 Å². The largest absolute Gasteiger partial charge is 0.340 e. The molecule has 0 saturated heterocycles. The summed E-state index contributed by atoms with van der Waals surface area (Å²) in [6, 6.07) is 17.6. The smallest absolute Gasteiger partial charge is 0.224 e. The Kier molecular flexibility index (Phi) is 5.07. The molecule has 4 nitrogen and oxygen atoms in total. The van der Waals surface area contributed by atoms with Gasteiger partial charge in [-0.15, -0.1) is 11.3 Å². The molecule has 0 amide bonds. The molecule has 0 radical (unpaired) electrons. The molecule has 27 heavy (non-hydrogen) atoms. The standard InChI is InChI=1S/C20H14Cl2N4S/c1-12-10-18(26-20(22)23-12)24-16-8-4-13(5-9-16)17-11-27-19(25-17)14-2-6-15(21)7-3-14/h2-11H,1H3,(H,23,24,26). The average molecular weight is 413 g/mol. The summed E-state index contributed by atoms with van der Waals surface area (Å²) in [6.07, 6.45) is 0. The van der Waals surface area contributed by atoms with Gasteiger partial charge in [0, 0.05) is 39.0 Å². The van der Waals surface area contributed by atoms with Crippen molar-refractivity contribution < 1.29 is 0 Å². The lowest BCUT2D eigenvalue weighted by atomic mass is 10.1. The molecule has 0 saturated carbocycles. The van der Waals surface area contributed by atoms with Crippen LogP contribution in [0.4, 0.5) is 11.5 Å². The maximum atomic E-state index is 5.95. The lowest BCUT2D eigenvalue weighted by Gasteiger charge is -2.07. The van der Waals surface area contributed by atoms with Crippen molar-refractivity contribution >= 4 is 46.0 Å². The lowest BCUT2D eigenvalue weighted by Crippen LogP contribution is -1.96. The number of hydrogen-bond donors (Lipinski definition) is 1. The summed E-state index contributed by atoms with van der Waals surface area (Å²) >= 11 is 13.5. The van der Waals surface area contributed by atoms with E-state index in [1.807, 2.05) is 61.5 Å². The molecule has 0 fully saturated rings. The van der Waals surface area contributed by atoms with Gasteiger partial charge < -0.3 is 5.32 Å². The third-order valence-electron chi connectivity index (χ3n) is 3.88. The maximum Gasteiger partial charge on any atom is 0.224 e. The summed E-state index contributed by atoms with van der Waals surface area (Å²) in [5, 5.41) is 7.21. The predicted molar refractivity (Wildman–Crippen MR) is 113 cm³/mol. The Bertz CT molecular complexity index is 1060. The quantitative estimate of drug-likeness (QED) is 0.382. The van der Waals surface area contributed by atoms with Crippen molar-refractivity contribution in [3.8, 4) is 21.8 Å². The maximum absolute atomic E-state index is 5.95. The van der Waals surface area contributed by atoms with Crippen molar-refractivity contribution in [3.63, 3.8) is 0 Å². The predicted octanol–water partition coefficient (Wildman–Crippen LogP) is 6.63. The Morgan fingerprint density at radius 1 is 0.852 bits per heavy atom. The minimum absolute atomic E-state index is 0.228. The van der Waals surface area contributed by atoms with Crippen LogP contribution < -0.4 is 5.32 Å². The summed E-state index contributed by atoms with van der Waals surface area (Å²) in [4.78, 5) is 13.0. The number of hydrogen-bond acceptors (Lipinski definition) is 5. The highest BCUT2D eigenvalue weighted by Crippen LogP contribution is 2.30. The molecule has 0 unspecified atom stereocenters. The van der Waals surface area contributed by atoms with Gasteiger partial charge in [-0.25, -0.2) is 15.0 Å². The van der Waals surface area contributed by atoms with Crippen molar-refractivity contribution in [2.24, 2.45) is 0 Å². The highest BCUT2D eigenvalue weighted by Gasteiger charge is 2.07. The van der Waals surface area contributed by atoms with Gasteiger partial charge in [-0.05, 0) is 42.8 Å². The van der Waals surface area contributed by atoms with Crippen molar-refractivity contribution in [1.82, 2.24) is 15.0 Å². The minimum Gasteiger partial charge on any atom is -0.340 e. The molecule has 0 atom stereocenters. The summed E-state index contributed by atoms with van der Waals surface area (Å²) < 4.78 is 0. The number of nitrogens with one attached hydrogen (secondary N) is 1. The van der Waals surface area contributed by atoms with Crippen LogP contribution in [0, 0.1) is 6.92 Å². The second-order valence-corrected chi connectivity index (χ2v) is 7.54. The molecular formula is C20H14Cl2N4S. The van der Waals surface area contributed by atoms with Crippen LogP contribution in [0.5, 0.6) is 0 Å². The molecule has 2 heterocycles. The molecular weight excluding hydrogens is 399 g/mol. The molecule has 4 rings (SSSR count). The Hall–Kier alpha value is -2.47. The zero-order valence-electron chi connectivity index (χ0n) is 14.3. The van der Waals surface area contributed by atoms with E-state index in [1.165, 1.54) is 0 Å². The van der Waals surface area contributed by atoms with Crippen LogP contribution in [-0.4, -0.2) is 15.0 Å². The second-order valence-electron chi connectivity index (χ2n) is 5.91. The fourth-order valence-corrected chi connectivity index (χ4v) is 3.79. The van der Waals surface area contributed by atoms with Crippen LogP contribution in [-0.2, 0) is 0 Å². The summed E-state index contributed by atoms with van der Waals surface area (Å²) in [5.41, 5.74) is 4.78. The fraction of sp³-hybridized carbons (Fsp3) is 0.0500. The number of aromatic nitrogens is 3. The molecule has 0 bridgehead atoms. The number of nitrogens with zero attached hydrogens (tertiary/aromatic N) is 3. The summed E-state index contributed by atoms with van der Waals surface area (Å²) in [6.45, 7) is 1.88. The number of aryl methyl sites for hydroxylation is 1. The van der Waals surface area contributed by atoms with E-state index in [1.54, 1.807) is 11.3 Å². The van der Waals surface area contributed by atoms with Gasteiger partial charge in [0.25, 0.3) is 0 Å². The molecule has 1 N–H and O–H groups in total. The first-order chi connectivity index (χ1) is 13.1. The molecule has 2 aromatic heterocycles. The third-order valence-corrected chi connectivity index (χ3v) is 5.19. The van der Waals surface area contributed by atoms with Crippen LogP contribution in [0.3, 0.4) is 0 Å². The van der Waals surface area contributed by atoms with E-state index < -0.39 is 0 Å². The van der Waals surface area contributed by atoms with Gasteiger partial charge in [-0.3, -0.25) is 0 Å². The van der Waals surface area contributed by atoms with E-state index in [2.05, 4.69) is 20.7 Å². The fourth-order valence-electron chi connectivity index (χ4n) is 2.60. The first-order valence-electron chi connectivity index (χ1n) is 8.17. The molecule has 0 spiro atoms. The lowest BCUT2D eigenvalue weighted by molar-refractivity contribution is 1.10. The van der Waals surface area contributed by atoms with Crippen molar-refractivity contribution in [1.29, 1.82) is 0 Å². The molecule has 0 aliphatic rings. The first-order valence-corrected chi connectivity index (χ1v) is 9.80. The Morgan fingerprint density at radius 3 is 2.26 bits per heavy atom. The molecule has 2 aromatic carbocycles. The SMILES string of the molecule is Cc1cc(Nc2ccc(-c3csc(-c4ccc(Cl)cc4)n3)cc2)nc(Cl)n1. The van der Waals surface area contributed by atoms with E-state index in [0.717, 1.165) is 38.2 Å². The van der Waals surface area contributed by atoms with Crippen molar-refractivity contribution in [2.75, 3.05) is 5.32 Å². The monoisotopic (exact) mass is 412 g/mol. The normalized spacial score (nSPS) is 10.8. The zero-order chi connectivity index (χ0) is 18.8. The van der Waals surface area contributed by atoms with Crippen molar-refractivity contribution in [2.45, 2.75) is 6.92 Å². The van der Waals surface area contributed by atoms with Gasteiger partial charge in [-0.2, -0.15) is 0 Å². The molecule has 7 heteroatoms. The summed E-state index contributed by atoms with van der Waals surface area (Å²) in [7, 11) is 0. The minimum atomic E-state index is 0.228. The number of benzene rings is 2. The Morgan fingerprint density at radius 2 is 1.56 bits per heavy atom. The highest BCUT2D eigenvalue weighted by atomic mass is 35.5. The molecule has 0 aliphatic carbocycles. The highest BCUT2D eigenvalue weighted by molar-refractivity contribution is 7.13. The van der Waals surface area contributed by atoms with Gasteiger partial charge in [-0.1, -0.05) is 35.9 Å². The van der Waals surface area contributed by atoms with Crippen LogP contribution in [0.15, 0.2) is 60.0 Å². The Balaban J connectivity index is 1.53. The van der Waals surface area contributed by atoms with Gasteiger partial charge in [0.15, 0.2) is 0 Å². The van der Waals surface area contributed by atoms with Crippen LogP contribution in [0.25, 0.3) is 21.8 Å². The van der Waals surface area contributed by atoms with Gasteiger partial charge in [0.1, 0.15) is 10.8 Å². The van der Waals surface area contributed by atoms with Gasteiger partial charge in [0.2, 0.25) is 5.28 Å². The molecule has 0 aliphatic heterocycles.